The van der Waals surface area contributed by atoms with Gasteiger partial charge >= 0.3 is 0 Å². The van der Waals surface area contributed by atoms with E-state index in [4.69, 9.17) is 9.84 Å². The molecule has 2 unspecified atom stereocenters. The zero-order valence-corrected chi connectivity index (χ0v) is 13.5. The second kappa shape index (κ2) is 6.53. The number of nitrogens with zero attached hydrogens (tertiary/aromatic N) is 1. The fourth-order valence-electron chi connectivity index (χ4n) is 3.43. The fourth-order valence-corrected chi connectivity index (χ4v) is 3.43. The predicted molar refractivity (Wildman–Crippen MR) is 79.4 cm³/mol. The van der Waals surface area contributed by atoms with Crippen LogP contribution in [0.2, 0.25) is 0 Å². The van der Waals surface area contributed by atoms with Gasteiger partial charge in [-0.15, -0.1) is 0 Å². The van der Waals surface area contributed by atoms with Crippen LogP contribution in [0.3, 0.4) is 0 Å². The van der Waals surface area contributed by atoms with Gasteiger partial charge in [0.25, 0.3) is 0 Å². The SMILES string of the molecule is CCNC1C(CN(CC)CCO)C(C)(C)OC1(C)C. The van der Waals surface area contributed by atoms with E-state index in [0.29, 0.717) is 12.0 Å². The van der Waals surface area contributed by atoms with E-state index in [0.717, 1.165) is 26.2 Å². The first kappa shape index (κ1) is 16.9. The number of nitrogens with one attached hydrogen (secondary N) is 1. The van der Waals surface area contributed by atoms with Crippen LogP contribution < -0.4 is 5.32 Å². The van der Waals surface area contributed by atoms with Crippen molar-refractivity contribution in [3.8, 4) is 0 Å². The molecule has 1 fully saturated rings. The van der Waals surface area contributed by atoms with Gasteiger partial charge in [-0.1, -0.05) is 13.8 Å². The van der Waals surface area contributed by atoms with Crippen LogP contribution in [0, 0.1) is 5.92 Å². The number of hydrogen-bond donors (Lipinski definition) is 2. The molecule has 114 valence electrons. The standard InChI is InChI=1S/C15H32N2O2/c1-7-16-13-12(11-17(8-2)9-10-18)14(3,4)19-15(13,5)6/h12-13,16,18H,7-11H2,1-6H3. The fraction of sp³-hybridized carbons (Fsp3) is 1.00. The molecule has 0 aromatic carbocycles. The third kappa shape index (κ3) is 3.91. The van der Waals surface area contributed by atoms with Crippen LogP contribution >= 0.6 is 0 Å². The molecular weight excluding hydrogens is 240 g/mol. The summed E-state index contributed by atoms with van der Waals surface area (Å²) in [6, 6.07) is 0.347. The van der Waals surface area contributed by atoms with Gasteiger partial charge in [0.1, 0.15) is 0 Å². The first-order chi connectivity index (χ1) is 8.78. The highest BCUT2D eigenvalue weighted by atomic mass is 16.5. The van der Waals surface area contributed by atoms with Crippen LogP contribution in [-0.2, 0) is 4.74 Å². The molecule has 0 saturated carbocycles. The highest BCUT2D eigenvalue weighted by Crippen LogP contribution is 2.42. The van der Waals surface area contributed by atoms with Crippen molar-refractivity contribution in [2.75, 3.05) is 32.8 Å². The molecule has 2 N–H and O–H groups in total. The molecule has 0 aliphatic carbocycles. The summed E-state index contributed by atoms with van der Waals surface area (Å²) < 4.78 is 6.29. The zero-order valence-electron chi connectivity index (χ0n) is 13.5. The second-order valence-corrected chi connectivity index (χ2v) is 6.57. The van der Waals surface area contributed by atoms with Gasteiger partial charge in [-0.25, -0.2) is 0 Å². The predicted octanol–water partition coefficient (Wildman–Crippen LogP) is 1.48. The molecule has 4 heteroatoms. The minimum absolute atomic E-state index is 0.140. The van der Waals surface area contributed by atoms with Gasteiger partial charge in [-0.2, -0.15) is 0 Å². The van der Waals surface area contributed by atoms with Gasteiger partial charge in [0.2, 0.25) is 0 Å². The van der Waals surface area contributed by atoms with Gasteiger partial charge in [-0.3, -0.25) is 0 Å². The first-order valence-electron chi connectivity index (χ1n) is 7.55. The van der Waals surface area contributed by atoms with Crippen molar-refractivity contribution >= 4 is 0 Å². The zero-order chi connectivity index (χ0) is 14.7. The van der Waals surface area contributed by atoms with Crippen LogP contribution in [0.4, 0.5) is 0 Å². The normalized spacial score (nSPS) is 29.1. The van der Waals surface area contributed by atoms with Gasteiger partial charge in [0.05, 0.1) is 17.8 Å². The third-order valence-corrected chi connectivity index (χ3v) is 4.31. The summed E-state index contributed by atoms with van der Waals surface area (Å²) in [5, 5.41) is 12.8. The average molecular weight is 272 g/mol. The number of likely N-dealkylation sites (N-methyl/N-ethyl adjacent to an activating group) is 2. The summed E-state index contributed by atoms with van der Waals surface area (Å²) in [5.74, 6) is 0.425. The highest BCUT2D eigenvalue weighted by Gasteiger charge is 2.53. The molecule has 19 heavy (non-hydrogen) atoms. The number of ether oxygens (including phenoxy) is 1. The van der Waals surface area contributed by atoms with E-state index in [1.165, 1.54) is 0 Å². The molecule has 1 rings (SSSR count). The molecule has 0 spiro atoms. The van der Waals surface area contributed by atoms with Crippen molar-refractivity contribution in [2.24, 2.45) is 5.92 Å². The van der Waals surface area contributed by atoms with Crippen molar-refractivity contribution in [1.82, 2.24) is 10.2 Å². The van der Waals surface area contributed by atoms with Crippen molar-refractivity contribution in [1.29, 1.82) is 0 Å². The Morgan fingerprint density at radius 3 is 2.26 bits per heavy atom. The quantitative estimate of drug-likeness (QED) is 0.737. The molecule has 0 amide bonds. The van der Waals surface area contributed by atoms with E-state index >= 15 is 0 Å². The summed E-state index contributed by atoms with van der Waals surface area (Å²) in [5.41, 5.74) is -0.290. The largest absolute Gasteiger partial charge is 0.395 e. The monoisotopic (exact) mass is 272 g/mol. The molecule has 0 bridgehead atoms. The molecule has 2 atom stereocenters. The molecule has 1 heterocycles. The molecule has 0 radical (unpaired) electrons. The van der Waals surface area contributed by atoms with Crippen molar-refractivity contribution < 1.29 is 9.84 Å². The van der Waals surface area contributed by atoms with Crippen LogP contribution in [0.5, 0.6) is 0 Å². The van der Waals surface area contributed by atoms with E-state index in [1.54, 1.807) is 0 Å². The smallest absolute Gasteiger partial charge is 0.0790 e. The van der Waals surface area contributed by atoms with Crippen molar-refractivity contribution in [3.05, 3.63) is 0 Å². The Morgan fingerprint density at radius 1 is 1.16 bits per heavy atom. The van der Waals surface area contributed by atoms with Crippen LogP contribution in [0.1, 0.15) is 41.5 Å². The molecule has 0 aromatic heterocycles. The van der Waals surface area contributed by atoms with Crippen molar-refractivity contribution in [2.45, 2.75) is 58.8 Å². The Labute approximate surface area is 118 Å². The lowest BCUT2D eigenvalue weighted by molar-refractivity contribution is -0.0796. The lowest BCUT2D eigenvalue weighted by Crippen LogP contribution is -2.51. The minimum Gasteiger partial charge on any atom is -0.395 e. The summed E-state index contributed by atoms with van der Waals surface area (Å²) in [6.07, 6.45) is 0. The van der Waals surface area contributed by atoms with Crippen LogP contribution in [0.15, 0.2) is 0 Å². The molecule has 0 aromatic rings. The van der Waals surface area contributed by atoms with E-state index < -0.39 is 0 Å². The number of aliphatic hydroxyl groups is 1. The Morgan fingerprint density at radius 2 is 1.79 bits per heavy atom. The van der Waals surface area contributed by atoms with Crippen LogP contribution in [-0.4, -0.2) is 60.0 Å². The lowest BCUT2D eigenvalue weighted by Gasteiger charge is -2.34. The van der Waals surface area contributed by atoms with Gasteiger partial charge < -0.3 is 20.1 Å². The summed E-state index contributed by atoms with van der Waals surface area (Å²) in [4.78, 5) is 2.31. The maximum absolute atomic E-state index is 9.16. The van der Waals surface area contributed by atoms with Gasteiger partial charge in [-0.05, 0) is 40.8 Å². The summed E-state index contributed by atoms with van der Waals surface area (Å²) in [6.45, 7) is 16.8. The average Bonchev–Trinajstić information content (AvgIpc) is 2.46. The maximum Gasteiger partial charge on any atom is 0.0790 e. The summed E-state index contributed by atoms with van der Waals surface area (Å²) >= 11 is 0. The molecule has 1 aliphatic heterocycles. The molecule has 1 saturated heterocycles. The molecular formula is C15H32N2O2. The number of hydrogen-bond acceptors (Lipinski definition) is 4. The van der Waals surface area contributed by atoms with E-state index in [2.05, 4.69) is 51.8 Å². The maximum atomic E-state index is 9.16. The highest BCUT2D eigenvalue weighted by molar-refractivity contribution is 5.06. The van der Waals surface area contributed by atoms with E-state index in [9.17, 15) is 0 Å². The van der Waals surface area contributed by atoms with Crippen molar-refractivity contribution in [3.63, 3.8) is 0 Å². The number of aliphatic hydroxyl groups excluding tert-OH is 1. The summed E-state index contributed by atoms with van der Waals surface area (Å²) in [7, 11) is 0. The van der Waals surface area contributed by atoms with Gasteiger partial charge in [0, 0.05) is 25.0 Å². The lowest BCUT2D eigenvalue weighted by atomic mass is 9.82. The molecule has 4 nitrogen and oxygen atoms in total. The van der Waals surface area contributed by atoms with E-state index in [-0.39, 0.29) is 17.8 Å². The first-order valence-corrected chi connectivity index (χ1v) is 7.55. The molecule has 1 aliphatic rings. The topological polar surface area (TPSA) is 44.7 Å². The minimum atomic E-state index is -0.150. The van der Waals surface area contributed by atoms with E-state index in [1.807, 2.05) is 0 Å². The Kier molecular flexibility index (Phi) is 5.80. The second-order valence-electron chi connectivity index (χ2n) is 6.57. The number of rotatable bonds is 7. The Hall–Kier alpha value is -0.160. The Balaban J connectivity index is 2.86. The Bertz CT molecular complexity index is 279. The third-order valence-electron chi connectivity index (χ3n) is 4.31. The van der Waals surface area contributed by atoms with Gasteiger partial charge in [0.15, 0.2) is 0 Å². The van der Waals surface area contributed by atoms with Crippen LogP contribution in [0.25, 0.3) is 0 Å².